The molecule has 0 aliphatic heterocycles. The molecule has 0 bridgehead atoms. The molecule has 1 fully saturated rings. The van der Waals surface area contributed by atoms with Crippen LogP contribution in [0, 0.1) is 0 Å². The molecular formula is C41H81O19P3S. The number of phosphoric acid groups is 3. The van der Waals surface area contributed by atoms with E-state index in [1.54, 1.807) is 0 Å². The zero-order chi connectivity index (χ0) is 47.9. The van der Waals surface area contributed by atoms with E-state index >= 15 is 0 Å². The molecule has 1 saturated carbocycles. The number of hydrogen-bond acceptors (Lipinski definition) is 15. The van der Waals surface area contributed by atoms with Crippen molar-refractivity contribution in [3.63, 3.8) is 0 Å². The fourth-order valence-electron chi connectivity index (χ4n) is 7.45. The van der Waals surface area contributed by atoms with Gasteiger partial charge in [0.05, 0.1) is 6.61 Å². The second-order valence-electron chi connectivity index (χ2n) is 16.8. The van der Waals surface area contributed by atoms with Crippen molar-refractivity contribution >= 4 is 48.0 Å². The summed E-state index contributed by atoms with van der Waals surface area (Å²) in [5.74, 6) is -0.359. The van der Waals surface area contributed by atoms with Gasteiger partial charge in [0, 0.05) is 12.8 Å². The predicted molar refractivity (Wildman–Crippen MR) is 242 cm³/mol. The number of ether oxygens (including phenoxy) is 2. The Labute approximate surface area is 385 Å². The Balaban J connectivity index is 2.74. The van der Waals surface area contributed by atoms with Crippen LogP contribution in [0.1, 0.15) is 187 Å². The average Bonchev–Trinajstić information content (AvgIpc) is 3.22. The second-order valence-corrected chi connectivity index (χ2v) is 21.0. The molecule has 19 nitrogen and oxygen atoms in total. The lowest BCUT2D eigenvalue weighted by Gasteiger charge is -2.44. The third-order valence-electron chi connectivity index (χ3n) is 11.0. The zero-order valence-electron chi connectivity index (χ0n) is 37.8. The number of phosphoric ester groups is 3. The molecule has 380 valence electrons. The number of esters is 2. The maximum atomic E-state index is 13.1. The van der Waals surface area contributed by atoms with E-state index in [4.69, 9.17) is 18.5 Å². The third-order valence-corrected chi connectivity index (χ3v) is 13.3. The molecule has 0 spiro atoms. The summed E-state index contributed by atoms with van der Waals surface area (Å²) in [6, 6.07) is 0. The van der Waals surface area contributed by atoms with E-state index in [0.29, 0.717) is 12.8 Å². The number of aliphatic hydroxyl groups is 3. The van der Waals surface area contributed by atoms with Gasteiger partial charge in [-0.25, -0.2) is 13.7 Å². The predicted octanol–water partition coefficient (Wildman–Crippen LogP) is 7.87. The van der Waals surface area contributed by atoms with Crippen LogP contribution in [0.5, 0.6) is 0 Å². The number of carbonyl (C=O) groups is 2. The van der Waals surface area contributed by atoms with Crippen LogP contribution in [0.25, 0.3) is 0 Å². The van der Waals surface area contributed by atoms with E-state index in [0.717, 1.165) is 63.5 Å². The molecule has 1 aliphatic carbocycles. The van der Waals surface area contributed by atoms with Crippen molar-refractivity contribution in [3.05, 3.63) is 0 Å². The van der Waals surface area contributed by atoms with Crippen molar-refractivity contribution in [2.75, 3.05) is 19.0 Å². The summed E-state index contributed by atoms with van der Waals surface area (Å²) in [5.41, 5.74) is 0. The lowest BCUT2D eigenvalue weighted by atomic mass is 9.85. The molecule has 23 heteroatoms. The number of unbranched alkanes of at least 4 members (excludes halogenated alkanes) is 24. The van der Waals surface area contributed by atoms with Crippen molar-refractivity contribution in [1.82, 2.24) is 0 Å². The van der Waals surface area contributed by atoms with E-state index in [-0.39, 0.29) is 12.8 Å². The van der Waals surface area contributed by atoms with Gasteiger partial charge in [0.2, 0.25) is 0 Å². The zero-order valence-corrected chi connectivity index (χ0v) is 41.4. The van der Waals surface area contributed by atoms with Gasteiger partial charge >= 0.3 is 35.4 Å². The molecule has 0 radical (unpaired) electrons. The minimum absolute atomic E-state index is 0.00306. The molecule has 0 aromatic carbocycles. The minimum Gasteiger partial charge on any atom is -0.462 e. The van der Waals surface area contributed by atoms with Gasteiger partial charge in [-0.2, -0.15) is 12.6 Å². The quantitative estimate of drug-likeness (QED) is 0.0122. The standard InChI is InChI=1S/C41H81O19P3S/c1-2-3-4-5-6-7-8-10-14-17-20-23-26-29-35(43)57-33(31-55-34(42)28-25-22-19-16-13-11-9-12-15-18-21-24-27-30-64)32-56-63(53,54)60-41-37(45)39(58-61(47,48)49)36(44)40(38(41)46)59-62(50,51)52/h33,36-41,44-46,64H,2-32H2,1H3,(H,53,54)(H2,47,48,49)(H2,50,51,52)/t33-,36?,37+,38?,39+,40-,41?/m1/s1. The summed E-state index contributed by atoms with van der Waals surface area (Å²) in [6.07, 6.45) is 12.3. The monoisotopic (exact) mass is 1000 g/mol. The first-order chi connectivity index (χ1) is 30.3. The van der Waals surface area contributed by atoms with Gasteiger partial charge in [0.25, 0.3) is 0 Å². The molecule has 1 aliphatic rings. The van der Waals surface area contributed by atoms with E-state index in [1.807, 2.05) is 0 Å². The Morgan fingerprint density at radius 3 is 1.17 bits per heavy atom. The molecule has 0 aromatic heterocycles. The van der Waals surface area contributed by atoms with Crippen LogP contribution in [-0.4, -0.2) is 113 Å². The molecule has 0 aromatic rings. The molecular weight excluding hydrogens is 921 g/mol. The Bertz CT molecular complexity index is 1330. The Kier molecular flexibility index (Phi) is 34.2. The summed E-state index contributed by atoms with van der Waals surface area (Å²) in [7, 11) is -16.6. The van der Waals surface area contributed by atoms with Crippen LogP contribution < -0.4 is 0 Å². The summed E-state index contributed by atoms with van der Waals surface area (Å²) >= 11 is 4.24. The largest absolute Gasteiger partial charge is 0.472 e. The Morgan fingerprint density at radius 1 is 0.484 bits per heavy atom. The molecule has 4 unspecified atom stereocenters. The van der Waals surface area contributed by atoms with Gasteiger partial charge in [-0.3, -0.25) is 27.7 Å². The first-order valence-corrected chi connectivity index (χ1v) is 28.6. The molecule has 8 atom stereocenters. The van der Waals surface area contributed by atoms with E-state index in [9.17, 15) is 63.1 Å². The number of rotatable bonds is 41. The highest BCUT2D eigenvalue weighted by Gasteiger charge is 2.56. The van der Waals surface area contributed by atoms with E-state index in [2.05, 4.69) is 28.6 Å². The fourth-order valence-corrected chi connectivity index (χ4v) is 9.78. The van der Waals surface area contributed by atoms with Gasteiger partial charge in [0.1, 0.15) is 43.2 Å². The number of aliphatic hydroxyl groups excluding tert-OH is 3. The Morgan fingerprint density at radius 2 is 0.812 bits per heavy atom. The van der Waals surface area contributed by atoms with Crippen molar-refractivity contribution < 1.29 is 90.6 Å². The van der Waals surface area contributed by atoms with Gasteiger partial charge in [-0.15, -0.1) is 0 Å². The summed E-state index contributed by atoms with van der Waals surface area (Å²) in [5, 5.41) is 31.8. The number of carbonyl (C=O) groups excluding carboxylic acids is 2. The van der Waals surface area contributed by atoms with Crippen molar-refractivity contribution in [3.8, 4) is 0 Å². The maximum Gasteiger partial charge on any atom is 0.472 e. The van der Waals surface area contributed by atoms with Crippen LogP contribution >= 0.6 is 36.1 Å². The van der Waals surface area contributed by atoms with Crippen LogP contribution in [0.15, 0.2) is 0 Å². The number of thiol groups is 1. The third kappa shape index (κ3) is 31.5. The Hall–Kier alpha value is -0.500. The van der Waals surface area contributed by atoms with Gasteiger partial charge in [-0.1, -0.05) is 155 Å². The highest BCUT2D eigenvalue weighted by molar-refractivity contribution is 7.80. The second kappa shape index (κ2) is 35.6. The van der Waals surface area contributed by atoms with Gasteiger partial charge in [-0.05, 0) is 25.0 Å². The van der Waals surface area contributed by atoms with Crippen LogP contribution in [0.3, 0.4) is 0 Å². The minimum atomic E-state index is -5.55. The van der Waals surface area contributed by atoms with E-state index < -0.39 is 91.3 Å². The molecule has 0 saturated heterocycles. The topological polar surface area (TPSA) is 303 Å². The summed E-state index contributed by atoms with van der Waals surface area (Å²) < 4.78 is 65.5. The van der Waals surface area contributed by atoms with Crippen molar-refractivity contribution in [2.24, 2.45) is 0 Å². The normalized spacial score (nSPS) is 22.0. The first-order valence-electron chi connectivity index (χ1n) is 23.4. The SMILES string of the molecule is CCCCCCCCCCCCCCCC(=O)O[C@H](COC(=O)CCCCCCCCCCCCCCCS)COP(=O)(O)OC1C(O)[C@H](OP(=O)(O)O)C(O)[C@H](OP(=O)(O)O)[C@@H]1O. The summed E-state index contributed by atoms with van der Waals surface area (Å²) in [4.78, 5) is 73.2. The molecule has 64 heavy (non-hydrogen) atoms. The maximum absolute atomic E-state index is 13.1. The molecule has 1 rings (SSSR count). The van der Waals surface area contributed by atoms with E-state index in [1.165, 1.54) is 96.3 Å². The van der Waals surface area contributed by atoms with Crippen molar-refractivity contribution in [1.29, 1.82) is 0 Å². The first kappa shape index (κ1) is 61.5. The van der Waals surface area contributed by atoms with Crippen LogP contribution in [0.2, 0.25) is 0 Å². The highest BCUT2D eigenvalue weighted by Crippen LogP contribution is 2.51. The fraction of sp³-hybridized carbons (Fsp3) is 0.951. The lowest BCUT2D eigenvalue weighted by Crippen LogP contribution is -2.65. The molecule has 0 heterocycles. The number of hydrogen-bond donors (Lipinski definition) is 9. The van der Waals surface area contributed by atoms with Crippen LogP contribution in [-0.2, 0) is 50.9 Å². The lowest BCUT2D eigenvalue weighted by molar-refractivity contribution is -0.213. The molecule has 8 N–H and O–H groups in total. The summed E-state index contributed by atoms with van der Waals surface area (Å²) in [6.45, 7) is 0.704. The average molecular weight is 1000 g/mol. The molecule has 0 amide bonds. The van der Waals surface area contributed by atoms with Crippen molar-refractivity contribution in [2.45, 2.75) is 229 Å². The van der Waals surface area contributed by atoms with Crippen LogP contribution in [0.4, 0.5) is 0 Å². The smallest absolute Gasteiger partial charge is 0.462 e. The van der Waals surface area contributed by atoms with Gasteiger partial charge < -0.3 is 49.3 Å². The van der Waals surface area contributed by atoms with Gasteiger partial charge in [0.15, 0.2) is 6.10 Å². The highest BCUT2D eigenvalue weighted by atomic mass is 32.1.